The summed E-state index contributed by atoms with van der Waals surface area (Å²) in [6.07, 6.45) is 2.18. The molecule has 3 nitrogen and oxygen atoms in total. The largest absolute Gasteiger partial charge is 0.480 e. The second-order valence-corrected chi connectivity index (χ2v) is 3.35. The molecule has 0 bridgehead atoms. The third-order valence-electron chi connectivity index (χ3n) is 2.48. The van der Waals surface area contributed by atoms with Crippen LogP contribution in [0.1, 0.15) is 25.7 Å². The van der Waals surface area contributed by atoms with Crippen molar-refractivity contribution in [3.05, 3.63) is 0 Å². The molecule has 1 aliphatic carbocycles. The molecule has 0 aromatic rings. The maximum absolute atomic E-state index is 13.2. The predicted molar refractivity (Wildman–Crippen MR) is 42.5 cm³/mol. The van der Waals surface area contributed by atoms with E-state index in [0.29, 0.717) is 0 Å². The number of hydrogen-bond donors (Lipinski definition) is 2. The number of alkyl halides is 1. The number of hydrogen-bond acceptors (Lipinski definition) is 2. The van der Waals surface area contributed by atoms with Crippen LogP contribution in [0.25, 0.3) is 0 Å². The molecule has 1 aliphatic rings. The topological polar surface area (TPSA) is 63.3 Å². The van der Waals surface area contributed by atoms with Gasteiger partial charge in [-0.05, 0) is 18.8 Å². The summed E-state index contributed by atoms with van der Waals surface area (Å²) in [5.74, 6) is -1.37. The van der Waals surface area contributed by atoms with Crippen LogP contribution in [-0.2, 0) is 4.79 Å². The van der Waals surface area contributed by atoms with Gasteiger partial charge >= 0.3 is 5.97 Å². The van der Waals surface area contributed by atoms with E-state index in [1.165, 1.54) is 0 Å². The third-order valence-corrected chi connectivity index (χ3v) is 2.48. The van der Waals surface area contributed by atoms with Gasteiger partial charge in [0.2, 0.25) is 0 Å². The molecular formula is C8H14FNO2. The van der Waals surface area contributed by atoms with Crippen molar-refractivity contribution in [3.8, 4) is 0 Å². The van der Waals surface area contributed by atoms with Crippen LogP contribution in [0.3, 0.4) is 0 Å². The number of carboxylic acid groups (broad SMARTS) is 1. The highest BCUT2D eigenvalue weighted by molar-refractivity contribution is 5.73. The standard InChI is InChI=1S/C8H14FNO2/c9-6(7(10)8(11)12)5-3-1-2-4-5/h5-7H,1-4,10H2,(H,11,12). The van der Waals surface area contributed by atoms with Crippen molar-refractivity contribution in [2.24, 2.45) is 11.7 Å². The normalized spacial score (nSPS) is 23.8. The van der Waals surface area contributed by atoms with E-state index in [1.54, 1.807) is 0 Å². The van der Waals surface area contributed by atoms with Gasteiger partial charge in [0.05, 0.1) is 0 Å². The first-order valence-electron chi connectivity index (χ1n) is 4.25. The summed E-state index contributed by atoms with van der Waals surface area (Å²) in [5, 5.41) is 8.45. The van der Waals surface area contributed by atoms with Gasteiger partial charge in [0.15, 0.2) is 0 Å². The van der Waals surface area contributed by atoms with Crippen LogP contribution in [0.15, 0.2) is 0 Å². The summed E-state index contributed by atoms with van der Waals surface area (Å²) >= 11 is 0. The van der Waals surface area contributed by atoms with Gasteiger partial charge in [0.1, 0.15) is 12.2 Å². The van der Waals surface area contributed by atoms with E-state index in [0.717, 1.165) is 25.7 Å². The molecular weight excluding hydrogens is 161 g/mol. The molecule has 70 valence electrons. The van der Waals surface area contributed by atoms with Gasteiger partial charge in [-0.2, -0.15) is 0 Å². The minimum atomic E-state index is -1.37. The van der Waals surface area contributed by atoms with Crippen molar-refractivity contribution in [3.63, 3.8) is 0 Å². The molecule has 0 aromatic heterocycles. The number of carboxylic acids is 1. The Bertz CT molecular complexity index is 168. The molecule has 2 unspecified atom stereocenters. The molecule has 1 fully saturated rings. The maximum atomic E-state index is 13.2. The molecule has 0 radical (unpaired) electrons. The number of nitrogens with two attached hydrogens (primary N) is 1. The van der Waals surface area contributed by atoms with Crippen LogP contribution in [-0.4, -0.2) is 23.3 Å². The van der Waals surface area contributed by atoms with Gasteiger partial charge in [-0.3, -0.25) is 4.79 Å². The Morgan fingerprint density at radius 1 is 1.50 bits per heavy atom. The zero-order chi connectivity index (χ0) is 9.14. The van der Waals surface area contributed by atoms with Crippen molar-refractivity contribution in [1.82, 2.24) is 0 Å². The van der Waals surface area contributed by atoms with Gasteiger partial charge in [0, 0.05) is 0 Å². The van der Waals surface area contributed by atoms with Crippen LogP contribution in [0.4, 0.5) is 4.39 Å². The number of aliphatic carboxylic acids is 1. The van der Waals surface area contributed by atoms with Crippen molar-refractivity contribution >= 4 is 5.97 Å². The fourth-order valence-corrected chi connectivity index (χ4v) is 1.71. The van der Waals surface area contributed by atoms with Gasteiger partial charge < -0.3 is 10.8 Å². The average molecular weight is 175 g/mol. The predicted octanol–water partition coefficient (Wildman–Crippen LogP) is 0.927. The lowest BCUT2D eigenvalue weighted by molar-refractivity contribution is -0.140. The van der Waals surface area contributed by atoms with Crippen LogP contribution in [0, 0.1) is 5.92 Å². The monoisotopic (exact) mass is 175 g/mol. The van der Waals surface area contributed by atoms with Crippen molar-refractivity contribution in [1.29, 1.82) is 0 Å². The Balaban J connectivity index is 2.44. The second kappa shape index (κ2) is 3.85. The van der Waals surface area contributed by atoms with E-state index in [1.807, 2.05) is 0 Å². The third kappa shape index (κ3) is 1.94. The van der Waals surface area contributed by atoms with Crippen LogP contribution in [0.2, 0.25) is 0 Å². The first-order valence-corrected chi connectivity index (χ1v) is 4.25. The quantitative estimate of drug-likeness (QED) is 0.670. The maximum Gasteiger partial charge on any atom is 0.323 e. The number of halogens is 1. The molecule has 4 heteroatoms. The van der Waals surface area contributed by atoms with E-state index in [-0.39, 0.29) is 5.92 Å². The smallest absolute Gasteiger partial charge is 0.323 e. The van der Waals surface area contributed by atoms with Gasteiger partial charge in [0.25, 0.3) is 0 Å². The zero-order valence-electron chi connectivity index (χ0n) is 6.87. The Morgan fingerprint density at radius 2 is 2.00 bits per heavy atom. The molecule has 0 aromatic carbocycles. The Hall–Kier alpha value is -0.640. The number of carbonyl (C=O) groups is 1. The lowest BCUT2D eigenvalue weighted by Gasteiger charge is -2.18. The highest BCUT2D eigenvalue weighted by atomic mass is 19.1. The minimum Gasteiger partial charge on any atom is -0.480 e. The van der Waals surface area contributed by atoms with Gasteiger partial charge in [-0.25, -0.2) is 4.39 Å². The van der Waals surface area contributed by atoms with E-state index in [4.69, 9.17) is 10.8 Å². The van der Waals surface area contributed by atoms with Crippen LogP contribution < -0.4 is 5.73 Å². The summed E-state index contributed by atoms with van der Waals surface area (Å²) in [6, 6.07) is -1.34. The van der Waals surface area contributed by atoms with Crippen LogP contribution in [0.5, 0.6) is 0 Å². The molecule has 1 rings (SSSR count). The van der Waals surface area contributed by atoms with Gasteiger partial charge in [-0.15, -0.1) is 0 Å². The van der Waals surface area contributed by atoms with E-state index in [9.17, 15) is 9.18 Å². The Labute approximate surface area is 70.7 Å². The minimum absolute atomic E-state index is 0.129. The van der Waals surface area contributed by atoms with Crippen molar-refractivity contribution in [2.75, 3.05) is 0 Å². The molecule has 2 atom stereocenters. The summed E-state index contributed by atoms with van der Waals surface area (Å²) in [4.78, 5) is 10.3. The lowest BCUT2D eigenvalue weighted by atomic mass is 9.97. The van der Waals surface area contributed by atoms with Gasteiger partial charge in [-0.1, -0.05) is 12.8 Å². The molecule has 0 saturated heterocycles. The van der Waals surface area contributed by atoms with E-state index in [2.05, 4.69) is 0 Å². The molecule has 0 heterocycles. The molecule has 12 heavy (non-hydrogen) atoms. The first kappa shape index (κ1) is 9.45. The highest BCUT2D eigenvalue weighted by Gasteiger charge is 2.33. The Morgan fingerprint density at radius 3 is 2.42 bits per heavy atom. The molecule has 3 N–H and O–H groups in total. The summed E-state index contributed by atoms with van der Waals surface area (Å²) in [6.45, 7) is 0. The zero-order valence-corrected chi connectivity index (χ0v) is 6.87. The first-order chi connectivity index (χ1) is 5.63. The lowest BCUT2D eigenvalue weighted by Crippen LogP contribution is -2.42. The average Bonchev–Trinajstić information content (AvgIpc) is 2.53. The highest BCUT2D eigenvalue weighted by Crippen LogP contribution is 2.30. The van der Waals surface area contributed by atoms with E-state index >= 15 is 0 Å². The van der Waals surface area contributed by atoms with Crippen molar-refractivity contribution in [2.45, 2.75) is 37.9 Å². The Kier molecular flexibility index (Phi) is 3.03. The summed E-state index contributed by atoms with van der Waals surface area (Å²) in [5.41, 5.74) is 5.17. The summed E-state index contributed by atoms with van der Waals surface area (Å²) < 4.78 is 13.2. The number of rotatable bonds is 3. The van der Waals surface area contributed by atoms with Crippen LogP contribution >= 0.6 is 0 Å². The molecule has 1 saturated carbocycles. The molecule has 0 aliphatic heterocycles. The fraction of sp³-hybridized carbons (Fsp3) is 0.875. The molecule has 0 spiro atoms. The molecule has 0 amide bonds. The van der Waals surface area contributed by atoms with Crippen molar-refractivity contribution < 1.29 is 14.3 Å². The van der Waals surface area contributed by atoms with E-state index < -0.39 is 18.2 Å². The SMILES string of the molecule is NC(C(=O)O)C(F)C1CCCC1. The summed E-state index contributed by atoms with van der Waals surface area (Å²) in [7, 11) is 0. The second-order valence-electron chi connectivity index (χ2n) is 3.35. The fourth-order valence-electron chi connectivity index (χ4n) is 1.71.